The van der Waals surface area contributed by atoms with Crippen LogP contribution in [0.3, 0.4) is 0 Å². The number of hydrogen-bond donors (Lipinski definition) is 5. The molecule has 5 aromatic rings. The number of ether oxygens (including phenoxy) is 3. The first-order valence-corrected chi connectivity index (χ1v) is 21.5. The van der Waals surface area contributed by atoms with Crippen molar-refractivity contribution in [1.29, 1.82) is 0 Å². The van der Waals surface area contributed by atoms with Gasteiger partial charge < -0.3 is 49.7 Å². The molecule has 16 heteroatoms. The minimum absolute atomic E-state index is 0.0336. The molecule has 3 aliphatic heterocycles. The third-order valence-electron chi connectivity index (χ3n) is 13.0. The van der Waals surface area contributed by atoms with Crippen LogP contribution in [0.4, 0.5) is 9.59 Å². The van der Waals surface area contributed by atoms with Crippen LogP contribution in [-0.4, -0.2) is 104 Å². The molecule has 8 rings (SSSR count). The van der Waals surface area contributed by atoms with Gasteiger partial charge in [0.15, 0.2) is 0 Å². The van der Waals surface area contributed by atoms with E-state index in [2.05, 4.69) is 50.9 Å². The highest BCUT2D eigenvalue weighted by Crippen LogP contribution is 2.44. The quantitative estimate of drug-likeness (QED) is 0.0847. The summed E-state index contributed by atoms with van der Waals surface area (Å²) in [5.74, 6) is 1.42. The number of fused-ring (bicyclic) bond motifs is 6. The number of H-pyrrole nitrogens is 2. The fourth-order valence-corrected chi connectivity index (χ4v) is 9.54. The number of amides is 4. The molecule has 7 atom stereocenters. The first kappa shape index (κ1) is 42.5. The average molecular weight is 849 g/mol. The van der Waals surface area contributed by atoms with Crippen LogP contribution in [0.2, 0.25) is 0 Å². The van der Waals surface area contributed by atoms with Crippen LogP contribution in [0.1, 0.15) is 89.6 Å². The second kappa shape index (κ2) is 17.3. The molecule has 2 fully saturated rings. The van der Waals surface area contributed by atoms with E-state index in [-0.39, 0.29) is 47.7 Å². The summed E-state index contributed by atoms with van der Waals surface area (Å²) in [5, 5.41) is 16.7. The van der Waals surface area contributed by atoms with Crippen LogP contribution in [0.25, 0.3) is 44.2 Å². The Labute approximate surface area is 360 Å². The molecule has 0 spiro atoms. The number of carbonyl (C=O) groups excluding carboxylic acids is 3. The van der Waals surface area contributed by atoms with Crippen LogP contribution in [0.15, 0.2) is 48.7 Å². The molecule has 5 heterocycles. The second-order valence-electron chi connectivity index (χ2n) is 17.4. The predicted octanol–water partition coefficient (Wildman–Crippen LogP) is 7.32. The number of alkyl carbamates (subject to hydrolysis) is 1. The summed E-state index contributed by atoms with van der Waals surface area (Å²) < 4.78 is 16.7. The van der Waals surface area contributed by atoms with Crippen LogP contribution in [-0.2, 0) is 25.7 Å². The number of carboxylic acid groups (broad SMARTS) is 1. The number of nitrogens with one attached hydrogen (secondary N) is 4. The molecule has 2 saturated heterocycles. The largest absolute Gasteiger partial charge is 0.488 e. The highest BCUT2D eigenvalue weighted by Gasteiger charge is 2.43. The molecule has 62 heavy (non-hydrogen) atoms. The fourth-order valence-electron chi connectivity index (χ4n) is 9.54. The number of likely N-dealkylation sites (tertiary alicyclic amines) is 2. The molecule has 3 unspecified atom stereocenters. The van der Waals surface area contributed by atoms with Gasteiger partial charge in [0.1, 0.15) is 36.1 Å². The minimum Gasteiger partial charge on any atom is -0.488 e. The molecular formula is C46H56N8O8. The van der Waals surface area contributed by atoms with E-state index in [0.717, 1.165) is 68.3 Å². The summed E-state index contributed by atoms with van der Waals surface area (Å²) in [6, 6.07) is 12.3. The van der Waals surface area contributed by atoms with Gasteiger partial charge in [0.25, 0.3) is 0 Å². The molecule has 3 aliphatic rings. The van der Waals surface area contributed by atoms with Gasteiger partial charge in [-0.05, 0) is 84.4 Å². The molecule has 0 aliphatic carbocycles. The Morgan fingerprint density at radius 3 is 2.48 bits per heavy atom. The van der Waals surface area contributed by atoms with E-state index in [1.807, 2.05) is 51.7 Å². The van der Waals surface area contributed by atoms with Crippen molar-refractivity contribution in [2.45, 2.75) is 97.1 Å². The molecule has 4 amide bonds. The van der Waals surface area contributed by atoms with Crippen LogP contribution < -0.4 is 15.4 Å². The monoisotopic (exact) mass is 848 g/mol. The van der Waals surface area contributed by atoms with E-state index in [9.17, 15) is 24.3 Å². The number of hydrogen-bond acceptors (Lipinski definition) is 9. The smallest absolute Gasteiger partial charge is 0.407 e. The Balaban J connectivity index is 1.05. The van der Waals surface area contributed by atoms with Crippen LogP contribution in [0.5, 0.6) is 5.75 Å². The number of aromatic amines is 2. The molecule has 3 aromatic carbocycles. The molecule has 328 valence electrons. The van der Waals surface area contributed by atoms with Gasteiger partial charge in [-0.2, -0.15) is 0 Å². The lowest BCUT2D eigenvalue weighted by Gasteiger charge is -2.32. The standard InChI is InChI=1S/C46H56N8O8/c1-8-24(4)39(51-45(57)58)43(55)53-20-26(21-60-6)15-36(53)41-47-19-34(49-41)28-10-12-30-29(16-28)22-62-37-18-31-27(17-32(30)37)11-13-33-40(31)50-42(48-33)35-14-9-25(5)54(35)44(56)38(23(2)3)52-46(59)61-7/h10-13,16-19,23-26,35-36,38-39,51H,8-9,14-15,20-22H2,1-7H3,(H,47,49)(H,48,50)(H,52,59)(H,57,58)/t24?,25-,26-,35-,36-,38?,39?/m0/s1. The van der Waals surface area contributed by atoms with Crippen molar-refractivity contribution in [2.24, 2.45) is 17.8 Å². The molecule has 2 aromatic heterocycles. The van der Waals surface area contributed by atoms with E-state index < -0.39 is 24.3 Å². The first-order valence-electron chi connectivity index (χ1n) is 21.5. The number of imidazole rings is 2. The van der Waals surface area contributed by atoms with E-state index in [1.165, 1.54) is 7.11 Å². The van der Waals surface area contributed by atoms with Crippen LogP contribution in [0, 0.1) is 17.8 Å². The minimum atomic E-state index is -1.23. The summed E-state index contributed by atoms with van der Waals surface area (Å²) in [4.78, 5) is 72.2. The van der Waals surface area contributed by atoms with E-state index in [4.69, 9.17) is 24.2 Å². The number of methoxy groups -OCH3 is 2. The van der Waals surface area contributed by atoms with E-state index in [1.54, 1.807) is 18.2 Å². The molecule has 0 radical (unpaired) electrons. The topological polar surface area (TPSA) is 204 Å². The Morgan fingerprint density at radius 1 is 0.952 bits per heavy atom. The lowest BCUT2D eigenvalue weighted by Crippen LogP contribution is -2.52. The summed E-state index contributed by atoms with van der Waals surface area (Å²) in [6.07, 6.45) is 2.74. The van der Waals surface area contributed by atoms with Gasteiger partial charge in [-0.3, -0.25) is 9.59 Å². The van der Waals surface area contributed by atoms with Gasteiger partial charge in [-0.15, -0.1) is 0 Å². The van der Waals surface area contributed by atoms with Crippen molar-refractivity contribution in [3.63, 3.8) is 0 Å². The Bertz CT molecular complexity index is 2510. The van der Waals surface area contributed by atoms with Crippen molar-refractivity contribution in [3.05, 3.63) is 65.9 Å². The highest BCUT2D eigenvalue weighted by atomic mass is 16.5. The van der Waals surface area contributed by atoms with Crippen molar-refractivity contribution in [1.82, 2.24) is 40.4 Å². The Morgan fingerprint density at radius 2 is 1.76 bits per heavy atom. The summed E-state index contributed by atoms with van der Waals surface area (Å²) in [5.41, 5.74) is 6.42. The maximum absolute atomic E-state index is 14.0. The van der Waals surface area contributed by atoms with Gasteiger partial charge in [-0.25, -0.2) is 19.6 Å². The van der Waals surface area contributed by atoms with Gasteiger partial charge in [-0.1, -0.05) is 52.3 Å². The Kier molecular flexibility index (Phi) is 11.9. The molecule has 0 bridgehead atoms. The number of carbonyl (C=O) groups is 4. The SMILES string of the molecule is CCC(C)C(NC(=O)O)C(=O)N1C[C@@H](COC)C[C@H]1c1ncc(-c2ccc3c(c2)COc2cc4c(ccc5[nH]c([C@@H]6CC[C@H](C)N6C(=O)C(NC(=O)OC)C(C)C)nc54)cc2-3)[nH]1. The van der Waals surface area contributed by atoms with E-state index in [0.29, 0.717) is 44.2 Å². The number of aromatic nitrogens is 4. The average Bonchev–Trinajstić information content (AvgIpc) is 4.09. The van der Waals surface area contributed by atoms with Crippen molar-refractivity contribution < 1.29 is 38.5 Å². The third kappa shape index (κ3) is 7.91. The van der Waals surface area contributed by atoms with Crippen molar-refractivity contribution in [3.8, 4) is 28.1 Å². The zero-order chi connectivity index (χ0) is 44.0. The number of rotatable bonds is 12. The predicted molar refractivity (Wildman–Crippen MR) is 232 cm³/mol. The Hall–Kier alpha value is -6.16. The molecular weight excluding hydrogens is 793 g/mol. The lowest BCUT2D eigenvalue weighted by atomic mass is 9.92. The van der Waals surface area contributed by atoms with Gasteiger partial charge in [0.2, 0.25) is 11.8 Å². The summed E-state index contributed by atoms with van der Waals surface area (Å²) >= 11 is 0. The molecule has 16 nitrogen and oxygen atoms in total. The van der Waals surface area contributed by atoms with Crippen molar-refractivity contribution in [2.75, 3.05) is 27.4 Å². The summed E-state index contributed by atoms with van der Waals surface area (Å²) in [6.45, 7) is 10.9. The first-order chi connectivity index (χ1) is 29.8. The maximum atomic E-state index is 14.0. The number of nitrogens with zero attached hydrogens (tertiary/aromatic N) is 4. The lowest BCUT2D eigenvalue weighted by molar-refractivity contribution is -0.137. The molecule has 0 saturated carbocycles. The molecule has 5 N–H and O–H groups in total. The highest BCUT2D eigenvalue weighted by molar-refractivity contribution is 6.07. The maximum Gasteiger partial charge on any atom is 0.407 e. The van der Waals surface area contributed by atoms with Crippen molar-refractivity contribution >= 4 is 45.8 Å². The van der Waals surface area contributed by atoms with Crippen LogP contribution >= 0.6 is 0 Å². The van der Waals surface area contributed by atoms with Gasteiger partial charge in [0.05, 0.1) is 48.7 Å². The second-order valence-corrected chi connectivity index (χ2v) is 17.4. The normalized spacial score (nSPS) is 21.0. The zero-order valence-corrected chi connectivity index (χ0v) is 36.3. The van der Waals surface area contributed by atoms with Gasteiger partial charge >= 0.3 is 12.2 Å². The fraction of sp³-hybridized carbons (Fsp3) is 0.478. The number of benzene rings is 3. The third-order valence-corrected chi connectivity index (χ3v) is 13.0. The van der Waals surface area contributed by atoms with Gasteiger partial charge in [0, 0.05) is 36.6 Å². The van der Waals surface area contributed by atoms with E-state index >= 15 is 0 Å². The zero-order valence-electron chi connectivity index (χ0n) is 36.3. The summed E-state index contributed by atoms with van der Waals surface area (Å²) in [7, 11) is 2.93.